The van der Waals surface area contributed by atoms with Gasteiger partial charge >= 0.3 is 5.97 Å². The average Bonchev–Trinajstić information content (AvgIpc) is 2.45. The van der Waals surface area contributed by atoms with E-state index in [0.29, 0.717) is 22.2 Å². The number of methoxy groups -OCH3 is 1. The first-order valence-electron chi connectivity index (χ1n) is 6.14. The number of ether oxygens (including phenoxy) is 1. The van der Waals surface area contributed by atoms with Crippen molar-refractivity contribution < 1.29 is 19.4 Å². The molecule has 0 spiro atoms. The number of pyridine rings is 1. The number of likely N-dealkylation sites (N-methyl/N-ethyl adjacent to an activating group) is 1. The third kappa shape index (κ3) is 2.71. The van der Waals surface area contributed by atoms with Crippen LogP contribution >= 0.6 is 0 Å². The lowest BCUT2D eigenvalue weighted by Crippen LogP contribution is -2.32. The highest BCUT2D eigenvalue weighted by atomic mass is 16.5. The van der Waals surface area contributed by atoms with Crippen LogP contribution in [0.15, 0.2) is 24.4 Å². The van der Waals surface area contributed by atoms with E-state index < -0.39 is 18.4 Å². The van der Waals surface area contributed by atoms with Gasteiger partial charge in [0.05, 0.1) is 7.11 Å². The quantitative estimate of drug-likeness (QED) is 0.813. The topological polar surface area (TPSA) is 106 Å². The van der Waals surface area contributed by atoms with Crippen molar-refractivity contribution in [1.29, 1.82) is 0 Å². The Morgan fingerprint density at radius 1 is 1.38 bits per heavy atom. The smallest absolute Gasteiger partial charge is 0.323 e. The Balaban J connectivity index is 2.59. The standard InChI is InChI=1S/C14H15N3O4/c1-17(7-11(18)19)14(20)13-12-8(5-6-16-13)10(21-2)4-3-9(12)15/h3-6H,7,15H2,1-2H3,(H,18,19). The van der Waals surface area contributed by atoms with E-state index in [-0.39, 0.29) is 5.69 Å². The molecule has 1 heterocycles. The van der Waals surface area contributed by atoms with E-state index in [4.69, 9.17) is 15.6 Å². The lowest BCUT2D eigenvalue weighted by Gasteiger charge is -2.16. The van der Waals surface area contributed by atoms with E-state index in [9.17, 15) is 9.59 Å². The average molecular weight is 289 g/mol. The number of carbonyl (C=O) groups excluding carboxylic acids is 1. The number of benzene rings is 1. The highest BCUT2D eigenvalue weighted by molar-refractivity contribution is 6.11. The number of carboxylic acid groups (broad SMARTS) is 1. The molecule has 1 aromatic carbocycles. The van der Waals surface area contributed by atoms with Crippen LogP contribution in [-0.2, 0) is 4.79 Å². The number of hydrogen-bond acceptors (Lipinski definition) is 5. The Hall–Kier alpha value is -2.83. The zero-order chi connectivity index (χ0) is 15.6. The van der Waals surface area contributed by atoms with Crippen molar-refractivity contribution in [2.75, 3.05) is 26.4 Å². The Bertz CT molecular complexity index is 715. The summed E-state index contributed by atoms with van der Waals surface area (Å²) in [6.45, 7) is -0.416. The Kier molecular flexibility index (Phi) is 3.93. The van der Waals surface area contributed by atoms with Crippen LogP contribution in [-0.4, -0.2) is 47.6 Å². The predicted octanol–water partition coefficient (Wildman–Crippen LogP) is 0.982. The first-order valence-corrected chi connectivity index (χ1v) is 6.14. The summed E-state index contributed by atoms with van der Waals surface area (Å²) in [4.78, 5) is 28.2. The second kappa shape index (κ2) is 5.66. The normalized spacial score (nSPS) is 10.4. The molecular formula is C14H15N3O4. The molecule has 0 aliphatic rings. The highest BCUT2D eigenvalue weighted by Crippen LogP contribution is 2.31. The van der Waals surface area contributed by atoms with Crippen molar-refractivity contribution in [3.05, 3.63) is 30.1 Å². The van der Waals surface area contributed by atoms with E-state index in [1.807, 2.05) is 0 Å². The lowest BCUT2D eigenvalue weighted by atomic mass is 10.1. The third-order valence-corrected chi connectivity index (χ3v) is 3.06. The zero-order valence-electron chi connectivity index (χ0n) is 11.7. The molecule has 3 N–H and O–H groups in total. The van der Waals surface area contributed by atoms with Crippen LogP contribution in [0.2, 0.25) is 0 Å². The van der Waals surface area contributed by atoms with Gasteiger partial charge in [0.1, 0.15) is 18.0 Å². The van der Waals surface area contributed by atoms with Gasteiger partial charge in [-0.2, -0.15) is 0 Å². The number of amides is 1. The third-order valence-electron chi connectivity index (χ3n) is 3.06. The maximum absolute atomic E-state index is 12.3. The molecule has 7 nitrogen and oxygen atoms in total. The Morgan fingerprint density at radius 2 is 2.10 bits per heavy atom. The molecular weight excluding hydrogens is 274 g/mol. The number of nitrogen functional groups attached to an aromatic ring is 1. The molecule has 0 aliphatic heterocycles. The van der Waals surface area contributed by atoms with Crippen molar-refractivity contribution >= 4 is 28.3 Å². The number of hydrogen-bond donors (Lipinski definition) is 2. The summed E-state index contributed by atoms with van der Waals surface area (Å²) in [6.07, 6.45) is 1.46. The van der Waals surface area contributed by atoms with Crippen LogP contribution in [0.4, 0.5) is 5.69 Å². The minimum absolute atomic E-state index is 0.104. The molecule has 1 aromatic heterocycles. The van der Waals surface area contributed by atoms with Crippen LogP contribution in [0.3, 0.4) is 0 Å². The number of rotatable bonds is 4. The maximum Gasteiger partial charge on any atom is 0.323 e. The van der Waals surface area contributed by atoms with Gasteiger partial charge in [-0.25, -0.2) is 0 Å². The van der Waals surface area contributed by atoms with Crippen LogP contribution in [0.5, 0.6) is 5.75 Å². The molecule has 0 saturated carbocycles. The number of aromatic nitrogens is 1. The number of nitrogens with two attached hydrogens (primary N) is 1. The molecule has 0 bridgehead atoms. The molecule has 0 fully saturated rings. The number of anilines is 1. The fourth-order valence-electron chi connectivity index (χ4n) is 2.09. The minimum atomic E-state index is -1.10. The van der Waals surface area contributed by atoms with Crippen LogP contribution < -0.4 is 10.5 Å². The molecule has 110 valence electrons. The molecule has 0 radical (unpaired) electrons. The Morgan fingerprint density at radius 3 is 2.71 bits per heavy atom. The summed E-state index contributed by atoms with van der Waals surface area (Å²) in [6, 6.07) is 5.02. The van der Waals surface area contributed by atoms with Gasteiger partial charge in [-0.1, -0.05) is 0 Å². The van der Waals surface area contributed by atoms with Gasteiger partial charge < -0.3 is 20.5 Å². The Labute approximate surface area is 120 Å². The molecule has 0 aliphatic carbocycles. The van der Waals surface area contributed by atoms with E-state index in [1.165, 1.54) is 20.4 Å². The van der Waals surface area contributed by atoms with Gasteiger partial charge in [0, 0.05) is 29.7 Å². The van der Waals surface area contributed by atoms with Gasteiger partial charge in [-0.15, -0.1) is 0 Å². The molecule has 21 heavy (non-hydrogen) atoms. The fraction of sp³-hybridized carbons (Fsp3) is 0.214. The SMILES string of the molecule is COc1ccc(N)c2c(C(=O)N(C)CC(=O)O)nccc12. The number of fused-ring (bicyclic) bond motifs is 1. The van der Waals surface area contributed by atoms with Crippen molar-refractivity contribution in [3.8, 4) is 5.75 Å². The van der Waals surface area contributed by atoms with Gasteiger partial charge in [0.2, 0.25) is 0 Å². The zero-order valence-corrected chi connectivity index (χ0v) is 11.7. The number of carboxylic acids is 1. The molecule has 0 atom stereocenters. The summed E-state index contributed by atoms with van der Waals surface area (Å²) in [5.74, 6) is -1.05. The van der Waals surface area contributed by atoms with Gasteiger partial charge in [-0.3, -0.25) is 14.6 Å². The molecule has 7 heteroatoms. The summed E-state index contributed by atoms with van der Waals surface area (Å²) in [7, 11) is 2.91. The summed E-state index contributed by atoms with van der Waals surface area (Å²) in [5.41, 5.74) is 6.42. The monoisotopic (exact) mass is 289 g/mol. The predicted molar refractivity (Wildman–Crippen MR) is 77.3 cm³/mol. The highest BCUT2D eigenvalue weighted by Gasteiger charge is 2.20. The molecule has 0 saturated heterocycles. The van der Waals surface area contributed by atoms with Crippen molar-refractivity contribution in [1.82, 2.24) is 9.88 Å². The number of nitrogens with zero attached hydrogens (tertiary/aromatic N) is 2. The fourth-order valence-corrected chi connectivity index (χ4v) is 2.09. The van der Waals surface area contributed by atoms with E-state index in [1.54, 1.807) is 18.2 Å². The minimum Gasteiger partial charge on any atom is -0.496 e. The van der Waals surface area contributed by atoms with Gasteiger partial charge in [0.25, 0.3) is 5.91 Å². The van der Waals surface area contributed by atoms with Crippen molar-refractivity contribution in [2.24, 2.45) is 0 Å². The number of aliphatic carboxylic acids is 1. The second-order valence-electron chi connectivity index (χ2n) is 4.49. The second-order valence-corrected chi connectivity index (χ2v) is 4.49. The van der Waals surface area contributed by atoms with Crippen LogP contribution in [0.1, 0.15) is 10.5 Å². The van der Waals surface area contributed by atoms with Gasteiger partial charge in [0.15, 0.2) is 0 Å². The molecule has 2 rings (SSSR count). The van der Waals surface area contributed by atoms with E-state index >= 15 is 0 Å². The van der Waals surface area contributed by atoms with Gasteiger partial charge in [-0.05, 0) is 18.2 Å². The van der Waals surface area contributed by atoms with E-state index in [2.05, 4.69) is 4.98 Å². The van der Waals surface area contributed by atoms with Crippen molar-refractivity contribution in [3.63, 3.8) is 0 Å². The molecule has 0 unspecified atom stereocenters. The summed E-state index contributed by atoms with van der Waals surface area (Å²) >= 11 is 0. The van der Waals surface area contributed by atoms with Crippen molar-refractivity contribution in [2.45, 2.75) is 0 Å². The number of carbonyl (C=O) groups is 2. The lowest BCUT2D eigenvalue weighted by molar-refractivity contribution is -0.137. The first kappa shape index (κ1) is 14.6. The molecule has 1 amide bonds. The van der Waals surface area contributed by atoms with E-state index in [0.717, 1.165) is 4.90 Å². The van der Waals surface area contributed by atoms with Crippen LogP contribution in [0.25, 0.3) is 10.8 Å². The summed E-state index contributed by atoms with van der Waals surface area (Å²) in [5, 5.41) is 9.88. The first-order chi connectivity index (χ1) is 9.95. The maximum atomic E-state index is 12.3. The summed E-state index contributed by atoms with van der Waals surface area (Å²) < 4.78 is 5.24. The van der Waals surface area contributed by atoms with Crippen LogP contribution in [0, 0.1) is 0 Å². The largest absolute Gasteiger partial charge is 0.496 e. The molecule has 2 aromatic rings.